The van der Waals surface area contributed by atoms with Crippen molar-refractivity contribution in [2.24, 2.45) is 0 Å². The highest BCUT2D eigenvalue weighted by molar-refractivity contribution is 8.08. The average Bonchev–Trinajstić information content (AvgIpc) is 2.95. The molecule has 1 fully saturated rings. The van der Waals surface area contributed by atoms with E-state index >= 15 is 0 Å². The number of hydrogen-bond donors (Lipinski definition) is 1. The molecule has 0 saturated carbocycles. The van der Waals surface area contributed by atoms with Crippen LogP contribution < -0.4 is 5.32 Å². The molecule has 3 heterocycles. The normalized spacial score (nSPS) is 18.9. The molecule has 2 aromatic carbocycles. The number of carbonyl (C=O) groups excluding carboxylic acids is 3. The summed E-state index contributed by atoms with van der Waals surface area (Å²) in [5.74, 6) is -0.418. The van der Waals surface area contributed by atoms with Gasteiger partial charge in [0.2, 0.25) is 6.41 Å². The molecule has 0 bridgehead atoms. The highest BCUT2D eigenvalue weighted by Crippen LogP contribution is 2.44. The van der Waals surface area contributed by atoms with Gasteiger partial charge < -0.3 is 10.1 Å². The second-order valence-corrected chi connectivity index (χ2v) is 10.4. The molecule has 3 aromatic rings. The maximum atomic E-state index is 13.8. The van der Waals surface area contributed by atoms with E-state index < -0.39 is 18.1 Å². The molecule has 1 aromatic heterocycles. The summed E-state index contributed by atoms with van der Waals surface area (Å²) < 4.78 is 6.12. The molecule has 1 saturated heterocycles. The van der Waals surface area contributed by atoms with Crippen LogP contribution in [0.4, 0.5) is 0 Å². The maximum absolute atomic E-state index is 13.8. The van der Waals surface area contributed by atoms with Crippen LogP contribution in [0.15, 0.2) is 101 Å². The smallest absolute Gasteiger partial charge is 0.356 e. The van der Waals surface area contributed by atoms with Crippen LogP contribution in [0.3, 0.4) is 0 Å². The number of pyridine rings is 1. The third-order valence-corrected chi connectivity index (χ3v) is 8.32. The number of nitrogens with one attached hydrogen (secondary N) is 1. The van der Waals surface area contributed by atoms with E-state index in [2.05, 4.69) is 10.3 Å². The van der Waals surface area contributed by atoms with Crippen molar-refractivity contribution in [3.63, 3.8) is 0 Å². The first-order valence-corrected chi connectivity index (χ1v) is 13.5. The van der Waals surface area contributed by atoms with Gasteiger partial charge in [0, 0.05) is 23.1 Å². The minimum atomic E-state index is -0.665. The summed E-state index contributed by atoms with van der Waals surface area (Å²) in [4.78, 5) is 44.1. The zero-order valence-electron chi connectivity index (χ0n) is 19.6. The number of hydrogen-bond acceptors (Lipinski definition) is 7. The Kier molecular flexibility index (Phi) is 7.72. The van der Waals surface area contributed by atoms with Crippen molar-refractivity contribution in [2.45, 2.75) is 17.5 Å². The van der Waals surface area contributed by atoms with Crippen LogP contribution >= 0.6 is 23.5 Å². The summed E-state index contributed by atoms with van der Waals surface area (Å²) in [5.41, 5.74) is 2.79. The zero-order chi connectivity index (χ0) is 25.6. The highest BCUT2D eigenvalue weighted by Gasteiger charge is 2.54. The summed E-state index contributed by atoms with van der Waals surface area (Å²) in [5, 5.41) is 4.08. The number of carbonyl (C=O) groups is 3. The Bertz CT molecular complexity index is 1290. The molecule has 0 radical (unpaired) electrons. The Balaban J connectivity index is 1.47. The van der Waals surface area contributed by atoms with Gasteiger partial charge in [0.15, 0.2) is 6.10 Å². The standard InChI is InChI=1S/C28H23N3O4S2/c32-18-30-23-26(33)31-24(22(17-37-27(23)31)36-15-13-19-8-7-14-29-16-19)28(34)35-25(20-9-3-1-4-10-20)21-11-5-2-6-12-21/h1-16,18,23,25,27H,17H2,(H,30,32)/b15-13-/t23?,27-/m1/s1. The number of ether oxygens (including phenoxy) is 1. The van der Waals surface area contributed by atoms with Crippen LogP contribution in [0.25, 0.3) is 6.08 Å². The lowest BCUT2D eigenvalue weighted by Gasteiger charge is -2.49. The van der Waals surface area contributed by atoms with E-state index in [4.69, 9.17) is 4.74 Å². The topological polar surface area (TPSA) is 88.6 Å². The van der Waals surface area contributed by atoms with Gasteiger partial charge in [-0.25, -0.2) is 4.79 Å². The first-order valence-electron chi connectivity index (χ1n) is 11.6. The molecule has 0 aliphatic carbocycles. The van der Waals surface area contributed by atoms with Crippen LogP contribution in [0.1, 0.15) is 22.8 Å². The first-order chi connectivity index (χ1) is 18.2. The molecule has 2 amide bonds. The van der Waals surface area contributed by atoms with Crippen molar-refractivity contribution in [3.8, 4) is 0 Å². The fraction of sp³-hybridized carbons (Fsp3) is 0.143. The van der Waals surface area contributed by atoms with Crippen molar-refractivity contribution in [1.82, 2.24) is 15.2 Å². The fourth-order valence-corrected chi connectivity index (χ4v) is 6.55. The minimum absolute atomic E-state index is 0.218. The maximum Gasteiger partial charge on any atom is 0.356 e. The lowest BCUT2D eigenvalue weighted by Crippen LogP contribution is -2.69. The summed E-state index contributed by atoms with van der Waals surface area (Å²) in [7, 11) is 0. The molecule has 1 unspecified atom stereocenters. The lowest BCUT2D eigenvalue weighted by molar-refractivity contribution is -0.154. The van der Waals surface area contributed by atoms with E-state index in [0.29, 0.717) is 17.1 Å². The summed E-state index contributed by atoms with van der Waals surface area (Å²) in [6, 6.07) is 22.1. The van der Waals surface area contributed by atoms with E-state index in [9.17, 15) is 14.4 Å². The second kappa shape index (κ2) is 11.5. The summed E-state index contributed by atoms with van der Waals surface area (Å²) in [6.45, 7) is 0. The number of amides is 2. The number of benzene rings is 2. The molecule has 37 heavy (non-hydrogen) atoms. The Labute approximate surface area is 223 Å². The predicted molar refractivity (Wildman–Crippen MR) is 145 cm³/mol. The Morgan fingerprint density at radius 2 is 1.78 bits per heavy atom. The molecule has 9 heteroatoms. The summed E-state index contributed by atoms with van der Waals surface area (Å²) >= 11 is 2.87. The lowest BCUT2D eigenvalue weighted by atomic mass is 10.0. The van der Waals surface area contributed by atoms with Gasteiger partial charge in [-0.2, -0.15) is 0 Å². The second-order valence-electron chi connectivity index (χ2n) is 8.26. The van der Waals surface area contributed by atoms with Gasteiger partial charge in [-0.1, -0.05) is 78.5 Å². The molecule has 2 aliphatic heterocycles. The molecule has 7 nitrogen and oxygen atoms in total. The van der Waals surface area contributed by atoms with E-state index in [1.54, 1.807) is 12.4 Å². The zero-order valence-corrected chi connectivity index (χ0v) is 21.2. The molecule has 1 N–H and O–H groups in total. The number of β-lactam (4-membered cyclic amide) rings is 1. The first kappa shape index (κ1) is 24.9. The molecular weight excluding hydrogens is 506 g/mol. The van der Waals surface area contributed by atoms with E-state index in [1.807, 2.05) is 84.3 Å². The van der Waals surface area contributed by atoms with Crippen molar-refractivity contribution in [3.05, 3.63) is 118 Å². The Morgan fingerprint density at radius 1 is 1.08 bits per heavy atom. The third kappa shape index (κ3) is 5.33. The van der Waals surface area contributed by atoms with Crippen LogP contribution in [0.2, 0.25) is 0 Å². The van der Waals surface area contributed by atoms with Gasteiger partial charge in [0.1, 0.15) is 17.1 Å². The van der Waals surface area contributed by atoms with Crippen LogP contribution in [-0.2, 0) is 19.1 Å². The molecular formula is C28H23N3O4S2. The van der Waals surface area contributed by atoms with Gasteiger partial charge >= 0.3 is 5.97 Å². The number of nitrogens with zero attached hydrogens (tertiary/aromatic N) is 2. The fourth-order valence-electron chi connectivity index (χ4n) is 4.18. The third-order valence-electron chi connectivity index (χ3n) is 5.96. The molecule has 186 valence electrons. The number of aromatic nitrogens is 1. The largest absolute Gasteiger partial charge is 0.448 e. The number of esters is 1. The minimum Gasteiger partial charge on any atom is -0.448 e. The van der Waals surface area contributed by atoms with E-state index in [-0.39, 0.29) is 17.0 Å². The van der Waals surface area contributed by atoms with Crippen molar-refractivity contribution >= 4 is 47.9 Å². The van der Waals surface area contributed by atoms with E-state index in [1.165, 1.54) is 28.4 Å². The predicted octanol–water partition coefficient (Wildman–Crippen LogP) is 4.36. The van der Waals surface area contributed by atoms with Crippen molar-refractivity contribution < 1.29 is 19.1 Å². The van der Waals surface area contributed by atoms with Crippen LogP contribution in [-0.4, -0.2) is 45.3 Å². The Morgan fingerprint density at radius 3 is 2.41 bits per heavy atom. The van der Waals surface area contributed by atoms with Gasteiger partial charge in [-0.05, 0) is 34.2 Å². The van der Waals surface area contributed by atoms with Crippen LogP contribution in [0.5, 0.6) is 0 Å². The SMILES string of the molecule is O=CNC1C(=O)N2C(C(=O)OC(c3ccccc3)c3ccccc3)=C(S/C=C\c3cccnc3)CS[C@H]12. The van der Waals surface area contributed by atoms with Crippen LogP contribution in [0, 0.1) is 0 Å². The molecule has 2 atom stereocenters. The average molecular weight is 530 g/mol. The van der Waals surface area contributed by atoms with E-state index in [0.717, 1.165) is 16.7 Å². The van der Waals surface area contributed by atoms with Gasteiger partial charge in [0.05, 0.1) is 0 Å². The number of fused-ring (bicyclic) bond motifs is 1. The molecule has 0 spiro atoms. The number of rotatable bonds is 9. The van der Waals surface area contributed by atoms with Crippen molar-refractivity contribution in [2.75, 3.05) is 5.75 Å². The van der Waals surface area contributed by atoms with Gasteiger partial charge in [0.25, 0.3) is 5.91 Å². The Hall–Kier alpha value is -3.82. The molecule has 5 rings (SSSR count). The van der Waals surface area contributed by atoms with Crippen molar-refractivity contribution in [1.29, 1.82) is 0 Å². The quantitative estimate of drug-likeness (QED) is 0.250. The van der Waals surface area contributed by atoms with Gasteiger partial charge in [-0.15, -0.1) is 11.8 Å². The summed E-state index contributed by atoms with van der Waals surface area (Å²) in [6.07, 6.45) is 5.21. The highest BCUT2D eigenvalue weighted by atomic mass is 32.2. The van der Waals surface area contributed by atoms with Gasteiger partial charge in [-0.3, -0.25) is 19.5 Å². The monoisotopic (exact) mass is 529 g/mol. The molecule has 2 aliphatic rings. The number of thioether (sulfide) groups is 2.